The largest absolute Gasteiger partial charge is 0.465 e. The molecule has 96 valence electrons. The molecule has 0 aromatic carbocycles. The molecule has 17 heavy (non-hydrogen) atoms. The van der Waals surface area contributed by atoms with Crippen LogP contribution in [0.2, 0.25) is 0 Å². The number of esters is 1. The molecule has 0 radical (unpaired) electrons. The maximum Gasteiger partial charge on any atom is 0.322 e. The molecule has 0 aromatic rings. The predicted molar refractivity (Wildman–Crippen MR) is 60.4 cm³/mol. The van der Waals surface area contributed by atoms with Crippen LogP contribution in [-0.2, 0) is 19.6 Å². The lowest BCUT2D eigenvalue weighted by molar-refractivity contribution is -0.140. The number of nitrogens with zero attached hydrogens (tertiary/aromatic N) is 2. The molecule has 1 aliphatic rings. The van der Waals surface area contributed by atoms with E-state index < -0.39 is 21.7 Å². The Balaban J connectivity index is 2.64. The van der Waals surface area contributed by atoms with Gasteiger partial charge in [0.1, 0.15) is 0 Å². The van der Waals surface area contributed by atoms with E-state index in [9.17, 15) is 13.2 Å². The third-order valence-electron chi connectivity index (χ3n) is 2.36. The maximum absolute atomic E-state index is 11.9. The van der Waals surface area contributed by atoms with E-state index >= 15 is 0 Å². The Hall–Kier alpha value is -1.13. The van der Waals surface area contributed by atoms with Crippen molar-refractivity contribution in [3.05, 3.63) is 0 Å². The van der Waals surface area contributed by atoms with E-state index in [-0.39, 0.29) is 25.6 Å². The van der Waals surface area contributed by atoms with Gasteiger partial charge in [-0.25, -0.2) is 8.42 Å². The first-order valence-electron chi connectivity index (χ1n) is 5.53. The minimum Gasteiger partial charge on any atom is -0.465 e. The SMILES string of the molecule is CCOC(=O)CS(=O)(=O)N(CCC#N)C1CC1. The highest BCUT2D eigenvalue weighted by molar-refractivity contribution is 7.89. The topological polar surface area (TPSA) is 87.5 Å². The normalized spacial score (nSPS) is 15.6. The van der Waals surface area contributed by atoms with E-state index in [0.29, 0.717) is 0 Å². The van der Waals surface area contributed by atoms with Gasteiger partial charge >= 0.3 is 5.97 Å². The van der Waals surface area contributed by atoms with E-state index in [0.717, 1.165) is 12.8 Å². The van der Waals surface area contributed by atoms with Gasteiger partial charge in [0.15, 0.2) is 5.75 Å². The van der Waals surface area contributed by atoms with Crippen LogP contribution in [0.25, 0.3) is 0 Å². The molecule has 1 saturated carbocycles. The van der Waals surface area contributed by atoms with Gasteiger partial charge in [0.2, 0.25) is 10.0 Å². The van der Waals surface area contributed by atoms with Crippen molar-refractivity contribution in [3.63, 3.8) is 0 Å². The van der Waals surface area contributed by atoms with Crippen molar-refractivity contribution >= 4 is 16.0 Å². The van der Waals surface area contributed by atoms with Gasteiger partial charge in [-0.1, -0.05) is 0 Å². The molecule has 7 heteroatoms. The highest BCUT2D eigenvalue weighted by Crippen LogP contribution is 2.29. The maximum atomic E-state index is 11.9. The van der Waals surface area contributed by atoms with Gasteiger partial charge in [-0.05, 0) is 19.8 Å². The molecule has 0 N–H and O–H groups in total. The minimum atomic E-state index is -3.65. The summed E-state index contributed by atoms with van der Waals surface area (Å²) in [5, 5.41) is 8.49. The second kappa shape index (κ2) is 5.98. The number of rotatable bonds is 7. The molecule has 1 aliphatic carbocycles. The molecule has 0 amide bonds. The molecule has 0 heterocycles. The molecule has 0 unspecified atom stereocenters. The van der Waals surface area contributed by atoms with Gasteiger partial charge in [0.25, 0.3) is 0 Å². The van der Waals surface area contributed by atoms with Crippen molar-refractivity contribution in [1.82, 2.24) is 4.31 Å². The fourth-order valence-electron chi connectivity index (χ4n) is 1.51. The molecule has 0 bridgehead atoms. The Morgan fingerprint density at radius 1 is 1.53 bits per heavy atom. The molecule has 6 nitrogen and oxygen atoms in total. The predicted octanol–water partition coefficient (Wildman–Crippen LogP) is 0.257. The first-order valence-corrected chi connectivity index (χ1v) is 7.14. The Kier molecular flexibility index (Phi) is 4.90. The van der Waals surface area contributed by atoms with Crippen molar-refractivity contribution in [2.24, 2.45) is 0 Å². The molecule has 1 fully saturated rings. The van der Waals surface area contributed by atoms with Crippen LogP contribution >= 0.6 is 0 Å². The van der Waals surface area contributed by atoms with Gasteiger partial charge in [0, 0.05) is 19.0 Å². The van der Waals surface area contributed by atoms with E-state index in [1.165, 1.54) is 4.31 Å². The number of hydrogen-bond acceptors (Lipinski definition) is 5. The van der Waals surface area contributed by atoms with Crippen LogP contribution < -0.4 is 0 Å². The van der Waals surface area contributed by atoms with E-state index in [2.05, 4.69) is 4.74 Å². The summed E-state index contributed by atoms with van der Waals surface area (Å²) >= 11 is 0. The van der Waals surface area contributed by atoms with Crippen LogP contribution in [0.15, 0.2) is 0 Å². The average molecular weight is 260 g/mol. The molecule has 1 rings (SSSR count). The average Bonchev–Trinajstić information content (AvgIpc) is 3.01. The van der Waals surface area contributed by atoms with Crippen LogP contribution in [0.5, 0.6) is 0 Å². The number of sulfonamides is 1. The fourth-order valence-corrected chi connectivity index (χ4v) is 3.09. The van der Waals surface area contributed by atoms with E-state index in [4.69, 9.17) is 5.26 Å². The summed E-state index contributed by atoms with van der Waals surface area (Å²) in [6.07, 6.45) is 1.74. The Labute approximate surface area is 101 Å². The Morgan fingerprint density at radius 2 is 2.18 bits per heavy atom. The second-order valence-corrected chi connectivity index (χ2v) is 5.73. The number of hydrogen-bond donors (Lipinski definition) is 0. The van der Waals surface area contributed by atoms with Gasteiger partial charge in [-0.3, -0.25) is 4.79 Å². The highest BCUT2D eigenvalue weighted by atomic mass is 32.2. The third-order valence-corrected chi connectivity index (χ3v) is 4.16. The minimum absolute atomic E-state index is 0.0391. The molecule has 0 aliphatic heterocycles. The zero-order valence-corrected chi connectivity index (χ0v) is 10.6. The summed E-state index contributed by atoms with van der Waals surface area (Å²) < 4.78 is 29.7. The summed E-state index contributed by atoms with van der Waals surface area (Å²) in [6.45, 7) is 1.94. The van der Waals surface area contributed by atoms with Gasteiger partial charge in [-0.15, -0.1) is 0 Å². The quantitative estimate of drug-likeness (QED) is 0.613. The van der Waals surface area contributed by atoms with Gasteiger partial charge < -0.3 is 4.74 Å². The number of carbonyl (C=O) groups is 1. The molecule has 0 aromatic heterocycles. The second-order valence-electron chi connectivity index (χ2n) is 3.81. The van der Waals surface area contributed by atoms with Crippen molar-refractivity contribution < 1.29 is 17.9 Å². The van der Waals surface area contributed by atoms with Crippen molar-refractivity contribution in [2.45, 2.75) is 32.2 Å². The summed E-state index contributed by atoms with van der Waals surface area (Å²) in [7, 11) is -3.65. The summed E-state index contributed by atoms with van der Waals surface area (Å²) in [6, 6.07) is 1.87. The van der Waals surface area contributed by atoms with E-state index in [1.807, 2.05) is 6.07 Å². The monoisotopic (exact) mass is 260 g/mol. The van der Waals surface area contributed by atoms with Crippen LogP contribution in [0.1, 0.15) is 26.2 Å². The number of nitriles is 1. The van der Waals surface area contributed by atoms with Gasteiger partial charge in [-0.2, -0.15) is 9.57 Å². The molecule has 0 saturated heterocycles. The first-order chi connectivity index (χ1) is 8.01. The van der Waals surface area contributed by atoms with E-state index in [1.54, 1.807) is 6.92 Å². The molecule has 0 atom stereocenters. The summed E-state index contributed by atoms with van der Waals surface area (Å²) in [5.41, 5.74) is 0. The first kappa shape index (κ1) is 13.9. The number of ether oxygens (including phenoxy) is 1. The smallest absolute Gasteiger partial charge is 0.322 e. The Bertz CT molecular complexity index is 409. The van der Waals surface area contributed by atoms with Crippen LogP contribution in [-0.4, -0.2) is 43.6 Å². The Morgan fingerprint density at radius 3 is 2.65 bits per heavy atom. The van der Waals surface area contributed by atoms with Crippen molar-refractivity contribution in [1.29, 1.82) is 5.26 Å². The summed E-state index contributed by atoms with van der Waals surface area (Å²) in [5.74, 6) is -1.38. The van der Waals surface area contributed by atoms with Crippen molar-refractivity contribution in [2.75, 3.05) is 18.9 Å². The molecular formula is C10H16N2O4S. The zero-order valence-electron chi connectivity index (χ0n) is 9.76. The third kappa shape index (κ3) is 4.32. The van der Waals surface area contributed by atoms with Crippen LogP contribution in [0.4, 0.5) is 0 Å². The highest BCUT2D eigenvalue weighted by Gasteiger charge is 2.37. The number of carbonyl (C=O) groups excluding carboxylic acids is 1. The lowest BCUT2D eigenvalue weighted by atomic mass is 10.4. The lowest BCUT2D eigenvalue weighted by Crippen LogP contribution is -2.38. The van der Waals surface area contributed by atoms with Gasteiger partial charge in [0.05, 0.1) is 12.7 Å². The van der Waals surface area contributed by atoms with Crippen LogP contribution in [0.3, 0.4) is 0 Å². The lowest BCUT2D eigenvalue weighted by Gasteiger charge is -2.19. The zero-order chi connectivity index (χ0) is 12.9. The van der Waals surface area contributed by atoms with Crippen LogP contribution in [0, 0.1) is 11.3 Å². The molecule has 0 spiro atoms. The summed E-state index contributed by atoms with van der Waals surface area (Å²) in [4.78, 5) is 11.2. The van der Waals surface area contributed by atoms with Crippen molar-refractivity contribution in [3.8, 4) is 6.07 Å². The molecular weight excluding hydrogens is 244 g/mol. The fraction of sp³-hybridized carbons (Fsp3) is 0.800. The standard InChI is InChI=1S/C10H16N2O4S/c1-2-16-10(13)8-17(14,15)12(7-3-6-11)9-4-5-9/h9H,2-5,7-8H2,1H3.